The number of hydrogen-bond donors (Lipinski definition) is 2. The Hall–Kier alpha value is -0.0300. The Morgan fingerprint density at radius 2 is 2.00 bits per heavy atom. The van der Waals surface area contributed by atoms with E-state index in [1.807, 2.05) is 0 Å². The van der Waals surface area contributed by atoms with Crippen LogP contribution in [-0.4, -0.2) is 49.1 Å². The van der Waals surface area contributed by atoms with Crippen molar-refractivity contribution in [2.75, 3.05) is 26.2 Å². The molecule has 0 radical (unpaired) electrons. The minimum Gasteiger partial charge on any atom is -0.352 e. The number of nitrogens with zero attached hydrogens (tertiary/aromatic N) is 1. The monoisotopic (exact) mass is 323 g/mol. The second-order valence-corrected chi connectivity index (χ2v) is 6.12. The number of amides is 1. The number of rotatable bonds is 3. The quantitative estimate of drug-likeness (QED) is 0.828. The van der Waals surface area contributed by atoms with Crippen molar-refractivity contribution in [3.05, 3.63) is 0 Å². The molecule has 1 amide bonds. The van der Waals surface area contributed by atoms with Crippen LogP contribution in [0.1, 0.15) is 38.5 Å². The predicted octanol–water partition coefficient (Wildman–Crippen LogP) is 1.57. The Balaban J connectivity index is 0.000001000. The van der Waals surface area contributed by atoms with E-state index in [2.05, 4.69) is 15.5 Å². The summed E-state index contributed by atoms with van der Waals surface area (Å²) in [6.45, 7) is 4.52. The molecule has 6 heteroatoms. The molecule has 0 spiro atoms. The predicted molar refractivity (Wildman–Crippen MR) is 85.8 cm³/mol. The minimum atomic E-state index is 0. The first-order valence-corrected chi connectivity index (χ1v) is 7.57. The van der Waals surface area contributed by atoms with Crippen LogP contribution < -0.4 is 10.6 Å². The van der Waals surface area contributed by atoms with E-state index in [1.54, 1.807) is 0 Å². The van der Waals surface area contributed by atoms with E-state index in [0.29, 0.717) is 18.0 Å². The van der Waals surface area contributed by atoms with Gasteiger partial charge in [-0.2, -0.15) is 0 Å². The highest BCUT2D eigenvalue weighted by molar-refractivity contribution is 5.85. The van der Waals surface area contributed by atoms with Gasteiger partial charge in [0.25, 0.3) is 0 Å². The molecule has 3 aliphatic rings. The summed E-state index contributed by atoms with van der Waals surface area (Å²) in [7, 11) is 0. The number of hydrogen-bond acceptors (Lipinski definition) is 3. The summed E-state index contributed by atoms with van der Waals surface area (Å²) in [6.07, 6.45) is 6.98. The maximum absolute atomic E-state index is 12.1. The molecule has 4 nitrogen and oxygen atoms in total. The van der Waals surface area contributed by atoms with Gasteiger partial charge in [-0.25, -0.2) is 0 Å². The zero-order chi connectivity index (χ0) is 12.4. The molecule has 3 unspecified atom stereocenters. The lowest BCUT2D eigenvalue weighted by molar-refractivity contribution is -0.122. The van der Waals surface area contributed by atoms with Gasteiger partial charge in [0.15, 0.2) is 0 Å². The van der Waals surface area contributed by atoms with Crippen molar-refractivity contribution in [3.8, 4) is 0 Å². The highest BCUT2D eigenvalue weighted by Crippen LogP contribution is 2.27. The van der Waals surface area contributed by atoms with Gasteiger partial charge in [0.05, 0.1) is 0 Å². The summed E-state index contributed by atoms with van der Waals surface area (Å²) >= 11 is 0. The number of piperidine rings is 1. The third-order valence-electron chi connectivity index (χ3n) is 4.84. The minimum absolute atomic E-state index is 0. The lowest BCUT2D eigenvalue weighted by atomic mass is 9.98. The average molecular weight is 324 g/mol. The molecular weight excluding hydrogens is 297 g/mol. The molecule has 0 aromatic carbocycles. The molecule has 3 fully saturated rings. The molecule has 3 atom stereocenters. The van der Waals surface area contributed by atoms with Crippen LogP contribution in [0.5, 0.6) is 0 Å². The SMILES string of the molecule is Cl.Cl.O=C(CC1CCNC1)NC1CCN2CCCCC12. The van der Waals surface area contributed by atoms with E-state index in [4.69, 9.17) is 0 Å². The number of carbonyl (C=O) groups excluding carboxylic acids is 1. The maximum atomic E-state index is 12.1. The van der Waals surface area contributed by atoms with E-state index in [9.17, 15) is 4.79 Å². The lowest BCUT2D eigenvalue weighted by Gasteiger charge is -2.32. The van der Waals surface area contributed by atoms with E-state index in [0.717, 1.165) is 32.4 Å². The normalized spacial score (nSPS) is 32.9. The molecule has 0 aliphatic carbocycles. The van der Waals surface area contributed by atoms with Gasteiger partial charge in [0, 0.05) is 25.0 Å². The maximum Gasteiger partial charge on any atom is 0.220 e. The lowest BCUT2D eigenvalue weighted by Crippen LogP contribution is -2.47. The highest BCUT2D eigenvalue weighted by Gasteiger charge is 2.36. The van der Waals surface area contributed by atoms with Gasteiger partial charge in [-0.3, -0.25) is 9.69 Å². The van der Waals surface area contributed by atoms with Crippen LogP contribution in [0.15, 0.2) is 0 Å². The average Bonchev–Trinajstić information content (AvgIpc) is 3.00. The van der Waals surface area contributed by atoms with Gasteiger partial charge in [-0.1, -0.05) is 6.42 Å². The molecule has 3 heterocycles. The van der Waals surface area contributed by atoms with Crippen LogP contribution >= 0.6 is 24.8 Å². The van der Waals surface area contributed by atoms with Crippen LogP contribution in [0.25, 0.3) is 0 Å². The van der Waals surface area contributed by atoms with Crippen LogP contribution in [0.4, 0.5) is 0 Å². The Morgan fingerprint density at radius 3 is 2.75 bits per heavy atom. The van der Waals surface area contributed by atoms with E-state index in [1.165, 1.54) is 32.4 Å². The second kappa shape index (κ2) is 8.42. The van der Waals surface area contributed by atoms with Crippen molar-refractivity contribution >= 4 is 30.7 Å². The first-order chi connectivity index (χ1) is 8.83. The second-order valence-electron chi connectivity index (χ2n) is 6.12. The smallest absolute Gasteiger partial charge is 0.220 e. The van der Waals surface area contributed by atoms with Gasteiger partial charge in [-0.15, -0.1) is 24.8 Å². The zero-order valence-electron chi connectivity index (χ0n) is 12.0. The fourth-order valence-electron chi connectivity index (χ4n) is 3.83. The van der Waals surface area contributed by atoms with Crippen molar-refractivity contribution in [1.29, 1.82) is 0 Å². The Morgan fingerprint density at radius 1 is 1.15 bits per heavy atom. The molecule has 20 heavy (non-hydrogen) atoms. The molecule has 0 aromatic rings. The summed E-state index contributed by atoms with van der Waals surface area (Å²) in [6, 6.07) is 1.05. The third-order valence-corrected chi connectivity index (χ3v) is 4.84. The van der Waals surface area contributed by atoms with Crippen molar-refractivity contribution in [2.45, 2.75) is 50.6 Å². The van der Waals surface area contributed by atoms with Crippen molar-refractivity contribution < 1.29 is 4.79 Å². The number of carbonyl (C=O) groups is 1. The molecule has 2 N–H and O–H groups in total. The molecule has 0 aromatic heterocycles. The Bertz CT molecular complexity index is 311. The third kappa shape index (κ3) is 4.23. The van der Waals surface area contributed by atoms with Crippen LogP contribution in [0.2, 0.25) is 0 Å². The summed E-state index contributed by atoms with van der Waals surface area (Å²) in [5, 5.41) is 6.62. The fourth-order valence-corrected chi connectivity index (χ4v) is 3.83. The molecule has 3 aliphatic heterocycles. The summed E-state index contributed by atoms with van der Waals surface area (Å²) in [4.78, 5) is 14.6. The molecule has 3 saturated heterocycles. The van der Waals surface area contributed by atoms with Gasteiger partial charge >= 0.3 is 0 Å². The number of nitrogens with one attached hydrogen (secondary N) is 2. The van der Waals surface area contributed by atoms with Crippen LogP contribution in [-0.2, 0) is 4.79 Å². The fraction of sp³-hybridized carbons (Fsp3) is 0.929. The topological polar surface area (TPSA) is 44.4 Å². The zero-order valence-corrected chi connectivity index (χ0v) is 13.6. The largest absolute Gasteiger partial charge is 0.352 e. The standard InChI is InChI=1S/C14H25N3O.2ClH/c18-14(9-11-4-6-15-10-11)16-12-5-8-17-7-2-1-3-13(12)17;;/h11-13,15H,1-10H2,(H,16,18);2*1H. The number of halogens is 2. The van der Waals surface area contributed by atoms with Crippen LogP contribution in [0.3, 0.4) is 0 Å². The van der Waals surface area contributed by atoms with Gasteiger partial charge in [0.1, 0.15) is 0 Å². The molecular formula is C14H27Cl2N3O. The Labute approximate surface area is 134 Å². The first-order valence-electron chi connectivity index (χ1n) is 7.57. The summed E-state index contributed by atoms with van der Waals surface area (Å²) in [5.41, 5.74) is 0. The van der Waals surface area contributed by atoms with Gasteiger partial charge in [-0.05, 0) is 51.2 Å². The van der Waals surface area contributed by atoms with E-state index < -0.39 is 0 Å². The van der Waals surface area contributed by atoms with Crippen molar-refractivity contribution in [1.82, 2.24) is 15.5 Å². The van der Waals surface area contributed by atoms with Crippen molar-refractivity contribution in [3.63, 3.8) is 0 Å². The Kier molecular flexibility index (Phi) is 7.59. The number of fused-ring (bicyclic) bond motifs is 1. The highest BCUT2D eigenvalue weighted by atomic mass is 35.5. The van der Waals surface area contributed by atoms with Gasteiger partial charge < -0.3 is 10.6 Å². The first kappa shape index (κ1) is 18.0. The van der Waals surface area contributed by atoms with Crippen LogP contribution in [0, 0.1) is 5.92 Å². The molecule has 0 saturated carbocycles. The van der Waals surface area contributed by atoms with E-state index >= 15 is 0 Å². The molecule has 3 rings (SSSR count). The summed E-state index contributed by atoms with van der Waals surface area (Å²) in [5.74, 6) is 0.843. The van der Waals surface area contributed by atoms with Gasteiger partial charge in [0.2, 0.25) is 5.91 Å². The van der Waals surface area contributed by atoms with E-state index in [-0.39, 0.29) is 30.7 Å². The molecule has 0 bridgehead atoms. The summed E-state index contributed by atoms with van der Waals surface area (Å²) < 4.78 is 0. The molecule has 118 valence electrons. The van der Waals surface area contributed by atoms with Crippen molar-refractivity contribution in [2.24, 2.45) is 5.92 Å².